The SMILES string of the molecule is O=c1n(CCCBr)nc2n1CCCCC2. The molecule has 0 radical (unpaired) electrons. The molecule has 4 nitrogen and oxygen atoms in total. The van der Waals surface area contributed by atoms with Crippen molar-refractivity contribution in [3.63, 3.8) is 0 Å². The van der Waals surface area contributed by atoms with E-state index in [4.69, 9.17) is 0 Å². The van der Waals surface area contributed by atoms with Crippen LogP contribution >= 0.6 is 15.9 Å². The number of halogens is 1. The van der Waals surface area contributed by atoms with E-state index < -0.39 is 0 Å². The molecule has 0 atom stereocenters. The fourth-order valence-corrected chi connectivity index (χ4v) is 2.23. The maximum absolute atomic E-state index is 11.9. The van der Waals surface area contributed by atoms with E-state index in [1.807, 2.05) is 4.57 Å². The summed E-state index contributed by atoms with van der Waals surface area (Å²) in [7, 11) is 0. The lowest BCUT2D eigenvalue weighted by Crippen LogP contribution is -2.25. The number of nitrogens with zero attached hydrogens (tertiary/aromatic N) is 3. The van der Waals surface area contributed by atoms with Gasteiger partial charge in [-0.25, -0.2) is 9.48 Å². The minimum Gasteiger partial charge on any atom is -0.279 e. The van der Waals surface area contributed by atoms with Crippen LogP contribution in [-0.4, -0.2) is 19.7 Å². The average molecular weight is 274 g/mol. The summed E-state index contributed by atoms with van der Waals surface area (Å²) in [6.07, 6.45) is 5.39. The van der Waals surface area contributed by atoms with Gasteiger partial charge >= 0.3 is 5.69 Å². The maximum Gasteiger partial charge on any atom is 0.345 e. The van der Waals surface area contributed by atoms with Gasteiger partial charge in [-0.2, -0.15) is 5.10 Å². The van der Waals surface area contributed by atoms with E-state index in [0.717, 1.165) is 49.9 Å². The molecule has 1 aliphatic heterocycles. The molecule has 15 heavy (non-hydrogen) atoms. The molecule has 0 aromatic carbocycles. The Kier molecular flexibility index (Phi) is 3.61. The van der Waals surface area contributed by atoms with Gasteiger partial charge < -0.3 is 0 Å². The fourth-order valence-electron chi connectivity index (χ4n) is 1.98. The first-order valence-electron chi connectivity index (χ1n) is 5.55. The van der Waals surface area contributed by atoms with Crippen molar-refractivity contribution in [2.45, 2.75) is 45.2 Å². The van der Waals surface area contributed by atoms with Gasteiger partial charge in [-0.1, -0.05) is 22.4 Å². The summed E-state index contributed by atoms with van der Waals surface area (Å²) in [5.41, 5.74) is 0.0767. The summed E-state index contributed by atoms with van der Waals surface area (Å²) in [5.74, 6) is 0.979. The maximum atomic E-state index is 11.9. The molecule has 84 valence electrons. The highest BCUT2D eigenvalue weighted by molar-refractivity contribution is 9.09. The second-order valence-electron chi connectivity index (χ2n) is 3.93. The minimum atomic E-state index is 0.0767. The van der Waals surface area contributed by atoms with Gasteiger partial charge in [-0.3, -0.25) is 4.57 Å². The number of hydrogen-bond donors (Lipinski definition) is 0. The molecule has 0 amide bonds. The van der Waals surface area contributed by atoms with Crippen LogP contribution in [0.2, 0.25) is 0 Å². The quantitative estimate of drug-likeness (QED) is 0.785. The van der Waals surface area contributed by atoms with Crippen LogP contribution in [0.3, 0.4) is 0 Å². The molecule has 0 bridgehead atoms. The first kappa shape index (κ1) is 10.9. The summed E-state index contributed by atoms with van der Waals surface area (Å²) in [6, 6.07) is 0. The molecule has 2 heterocycles. The molecule has 0 unspecified atom stereocenters. The van der Waals surface area contributed by atoms with Gasteiger partial charge in [0.15, 0.2) is 0 Å². The second kappa shape index (κ2) is 4.96. The van der Waals surface area contributed by atoms with Gasteiger partial charge in [-0.05, 0) is 19.3 Å². The number of hydrogen-bond acceptors (Lipinski definition) is 2. The van der Waals surface area contributed by atoms with E-state index in [1.165, 1.54) is 6.42 Å². The summed E-state index contributed by atoms with van der Waals surface area (Å²) >= 11 is 3.37. The number of aromatic nitrogens is 3. The first-order valence-corrected chi connectivity index (χ1v) is 6.67. The molecule has 0 aliphatic carbocycles. The lowest BCUT2D eigenvalue weighted by molar-refractivity contribution is 0.551. The van der Waals surface area contributed by atoms with Crippen LogP contribution in [0.5, 0.6) is 0 Å². The van der Waals surface area contributed by atoms with Crippen LogP contribution in [0.1, 0.15) is 31.5 Å². The summed E-state index contributed by atoms with van der Waals surface area (Å²) in [4.78, 5) is 11.9. The summed E-state index contributed by atoms with van der Waals surface area (Å²) in [5, 5.41) is 5.31. The largest absolute Gasteiger partial charge is 0.345 e. The third kappa shape index (κ3) is 2.33. The number of aryl methyl sites for hydroxylation is 2. The highest BCUT2D eigenvalue weighted by Crippen LogP contribution is 2.10. The van der Waals surface area contributed by atoms with Gasteiger partial charge in [0, 0.05) is 24.8 Å². The van der Waals surface area contributed by atoms with Crippen LogP contribution in [0.15, 0.2) is 4.79 Å². The second-order valence-corrected chi connectivity index (χ2v) is 4.72. The molecule has 0 fully saturated rings. The van der Waals surface area contributed by atoms with Crippen LogP contribution < -0.4 is 5.69 Å². The Morgan fingerprint density at radius 2 is 2.20 bits per heavy atom. The van der Waals surface area contributed by atoms with Crippen LogP contribution in [0.25, 0.3) is 0 Å². The smallest absolute Gasteiger partial charge is 0.279 e. The molecule has 1 aromatic rings. The average Bonchev–Trinajstić information content (AvgIpc) is 2.44. The predicted molar refractivity (Wildman–Crippen MR) is 62.5 cm³/mol. The van der Waals surface area contributed by atoms with Gasteiger partial charge in [0.2, 0.25) is 0 Å². The predicted octanol–water partition coefficient (Wildman–Crippen LogP) is 1.56. The lowest BCUT2D eigenvalue weighted by Gasteiger charge is -1.97. The topological polar surface area (TPSA) is 39.8 Å². The van der Waals surface area contributed by atoms with E-state index in [9.17, 15) is 4.79 Å². The van der Waals surface area contributed by atoms with Gasteiger partial charge in [0.25, 0.3) is 0 Å². The van der Waals surface area contributed by atoms with E-state index in [2.05, 4.69) is 21.0 Å². The Hall–Kier alpha value is -0.580. The normalized spacial score (nSPS) is 16.1. The number of rotatable bonds is 3. The van der Waals surface area contributed by atoms with Gasteiger partial charge in [0.1, 0.15) is 5.82 Å². The molecule has 2 rings (SSSR count). The van der Waals surface area contributed by atoms with Crippen LogP contribution in [0.4, 0.5) is 0 Å². The van der Waals surface area contributed by atoms with E-state index in [-0.39, 0.29) is 5.69 Å². The molecule has 0 saturated carbocycles. The number of fused-ring (bicyclic) bond motifs is 1. The van der Waals surface area contributed by atoms with Crippen molar-refractivity contribution in [1.29, 1.82) is 0 Å². The van der Waals surface area contributed by atoms with Crippen molar-refractivity contribution in [3.05, 3.63) is 16.3 Å². The zero-order valence-electron chi connectivity index (χ0n) is 8.78. The van der Waals surface area contributed by atoms with E-state index in [1.54, 1.807) is 4.68 Å². The Bertz CT molecular complexity index is 383. The first-order chi connectivity index (χ1) is 7.33. The molecule has 0 N–H and O–H groups in total. The van der Waals surface area contributed by atoms with Crippen molar-refractivity contribution >= 4 is 15.9 Å². The molecule has 1 aliphatic rings. The van der Waals surface area contributed by atoms with Crippen molar-refractivity contribution in [3.8, 4) is 0 Å². The Labute approximate surface area is 97.4 Å². The van der Waals surface area contributed by atoms with Crippen molar-refractivity contribution in [1.82, 2.24) is 14.3 Å². The zero-order chi connectivity index (χ0) is 10.7. The highest BCUT2D eigenvalue weighted by Gasteiger charge is 2.14. The summed E-state index contributed by atoms with van der Waals surface area (Å²) in [6.45, 7) is 1.58. The molecule has 0 spiro atoms. The Morgan fingerprint density at radius 1 is 1.33 bits per heavy atom. The third-order valence-electron chi connectivity index (χ3n) is 2.79. The minimum absolute atomic E-state index is 0.0767. The highest BCUT2D eigenvalue weighted by atomic mass is 79.9. The number of alkyl halides is 1. The van der Waals surface area contributed by atoms with E-state index >= 15 is 0 Å². The van der Waals surface area contributed by atoms with Crippen molar-refractivity contribution < 1.29 is 0 Å². The molecule has 0 saturated heterocycles. The third-order valence-corrected chi connectivity index (χ3v) is 3.35. The molecular formula is C10H16BrN3O. The monoisotopic (exact) mass is 273 g/mol. The standard InChI is InChI=1S/C10H16BrN3O/c11-6-4-8-14-10(15)13-7-3-1-2-5-9(13)12-14/h1-8H2. The van der Waals surface area contributed by atoms with Gasteiger partial charge in [0.05, 0.1) is 0 Å². The van der Waals surface area contributed by atoms with Gasteiger partial charge in [-0.15, -0.1) is 0 Å². The van der Waals surface area contributed by atoms with Crippen LogP contribution in [0, 0.1) is 0 Å². The summed E-state index contributed by atoms with van der Waals surface area (Å²) < 4.78 is 3.46. The zero-order valence-corrected chi connectivity index (χ0v) is 10.4. The fraction of sp³-hybridized carbons (Fsp3) is 0.800. The molecule has 5 heteroatoms. The molecule has 1 aromatic heterocycles. The Balaban J connectivity index is 2.24. The Morgan fingerprint density at radius 3 is 3.00 bits per heavy atom. The van der Waals surface area contributed by atoms with E-state index in [0.29, 0.717) is 0 Å². The van der Waals surface area contributed by atoms with Crippen LogP contribution in [-0.2, 0) is 19.5 Å². The lowest BCUT2D eigenvalue weighted by atomic mass is 10.2. The molecular weight excluding hydrogens is 258 g/mol. The van der Waals surface area contributed by atoms with Crippen molar-refractivity contribution in [2.24, 2.45) is 0 Å². The van der Waals surface area contributed by atoms with Crippen molar-refractivity contribution in [2.75, 3.05) is 5.33 Å².